The summed E-state index contributed by atoms with van der Waals surface area (Å²) in [6.07, 6.45) is 1.66. The summed E-state index contributed by atoms with van der Waals surface area (Å²) >= 11 is 12.3. The van der Waals surface area contributed by atoms with E-state index in [0.29, 0.717) is 34.7 Å². The van der Waals surface area contributed by atoms with Crippen molar-refractivity contribution in [3.63, 3.8) is 0 Å². The first-order chi connectivity index (χ1) is 15.5. The van der Waals surface area contributed by atoms with Crippen LogP contribution < -0.4 is 14.9 Å². The lowest BCUT2D eigenvalue weighted by atomic mass is 10.2. The largest absolute Gasteiger partial charge is 0.490 e. The first-order valence-electron chi connectivity index (χ1n) is 9.79. The second-order valence-electron chi connectivity index (χ2n) is 6.64. The second-order valence-corrected chi connectivity index (χ2v) is 7.46. The number of non-ortho nitro benzene ring substituents is 1. The molecule has 0 unspecified atom stereocenters. The van der Waals surface area contributed by atoms with Gasteiger partial charge in [0.05, 0.1) is 24.3 Å². The molecule has 3 aromatic rings. The van der Waals surface area contributed by atoms with Crippen LogP contribution in [0, 0.1) is 10.1 Å². The second kappa shape index (κ2) is 11.4. The summed E-state index contributed by atoms with van der Waals surface area (Å²) in [5, 5.41) is 16.1. The highest BCUT2D eigenvalue weighted by molar-refractivity contribution is 6.35. The molecule has 0 amide bonds. The Morgan fingerprint density at radius 3 is 2.41 bits per heavy atom. The minimum Gasteiger partial charge on any atom is -0.490 e. The van der Waals surface area contributed by atoms with Gasteiger partial charge in [0.25, 0.3) is 5.69 Å². The zero-order valence-corrected chi connectivity index (χ0v) is 18.8. The highest BCUT2D eigenvalue weighted by Crippen LogP contribution is 2.29. The van der Waals surface area contributed by atoms with E-state index in [1.807, 2.05) is 19.1 Å². The number of hydrazone groups is 1. The molecule has 1 N–H and O–H groups in total. The topological polar surface area (TPSA) is 86.0 Å². The van der Waals surface area contributed by atoms with E-state index in [9.17, 15) is 10.1 Å². The lowest BCUT2D eigenvalue weighted by Gasteiger charge is -2.12. The van der Waals surface area contributed by atoms with Gasteiger partial charge in [-0.25, -0.2) is 0 Å². The summed E-state index contributed by atoms with van der Waals surface area (Å²) in [4.78, 5) is 10.3. The first-order valence-corrected chi connectivity index (χ1v) is 10.5. The van der Waals surface area contributed by atoms with Crippen LogP contribution in [-0.4, -0.2) is 17.7 Å². The standard InChI is InChI=1S/C23H21Cl2N3O4/c1-2-31-23-12-17(13-26-27-14-19-20(24)4-3-5-21(19)25)8-11-22(23)32-15-16-6-9-18(10-7-16)28(29)30/h3-13,27H,2,14-15H2,1H3/b26-13+. The van der Waals surface area contributed by atoms with E-state index >= 15 is 0 Å². The minimum absolute atomic E-state index is 0.0396. The number of benzene rings is 3. The molecule has 9 heteroatoms. The van der Waals surface area contributed by atoms with Crippen molar-refractivity contribution in [2.75, 3.05) is 6.61 Å². The van der Waals surface area contributed by atoms with Crippen LogP contribution in [0.5, 0.6) is 11.5 Å². The zero-order chi connectivity index (χ0) is 22.9. The molecule has 0 atom stereocenters. The van der Waals surface area contributed by atoms with Gasteiger partial charge in [-0.3, -0.25) is 10.1 Å². The molecule has 0 spiro atoms. The third kappa shape index (κ3) is 6.35. The van der Waals surface area contributed by atoms with Crippen molar-refractivity contribution in [3.05, 3.63) is 97.5 Å². The maximum Gasteiger partial charge on any atom is 0.269 e. The first kappa shape index (κ1) is 23.4. The van der Waals surface area contributed by atoms with Crippen LogP contribution in [0.2, 0.25) is 10.0 Å². The highest BCUT2D eigenvalue weighted by atomic mass is 35.5. The molecular formula is C23H21Cl2N3O4. The lowest BCUT2D eigenvalue weighted by Crippen LogP contribution is -2.07. The molecule has 7 nitrogen and oxygen atoms in total. The van der Waals surface area contributed by atoms with Crippen LogP contribution >= 0.6 is 23.2 Å². The number of nitro groups is 1. The third-order valence-corrected chi connectivity index (χ3v) is 5.14. The number of halogens is 2. The fourth-order valence-corrected chi connectivity index (χ4v) is 3.34. The molecule has 0 aromatic heterocycles. The zero-order valence-electron chi connectivity index (χ0n) is 17.3. The Hall–Kier alpha value is -3.29. The van der Waals surface area contributed by atoms with Gasteiger partial charge in [-0.05, 0) is 60.5 Å². The van der Waals surface area contributed by atoms with Crippen LogP contribution in [0.15, 0.2) is 65.8 Å². The Kier molecular flexibility index (Phi) is 8.30. The normalized spacial score (nSPS) is 10.8. The van der Waals surface area contributed by atoms with Crippen LogP contribution in [0.25, 0.3) is 0 Å². The van der Waals surface area contributed by atoms with Crippen LogP contribution in [0.4, 0.5) is 5.69 Å². The molecule has 0 aliphatic rings. The number of nitrogens with one attached hydrogen (secondary N) is 1. The van der Waals surface area contributed by atoms with Gasteiger partial charge in [-0.2, -0.15) is 5.10 Å². The van der Waals surface area contributed by atoms with E-state index in [1.165, 1.54) is 12.1 Å². The summed E-state index contributed by atoms with van der Waals surface area (Å²) in [5.74, 6) is 1.14. The fourth-order valence-electron chi connectivity index (χ4n) is 2.81. The van der Waals surface area contributed by atoms with E-state index in [4.69, 9.17) is 32.7 Å². The van der Waals surface area contributed by atoms with Crippen molar-refractivity contribution in [2.45, 2.75) is 20.1 Å². The van der Waals surface area contributed by atoms with Crippen molar-refractivity contribution in [1.82, 2.24) is 5.43 Å². The lowest BCUT2D eigenvalue weighted by molar-refractivity contribution is -0.384. The highest BCUT2D eigenvalue weighted by Gasteiger charge is 2.09. The molecule has 0 radical (unpaired) electrons. The molecule has 3 rings (SSSR count). The predicted molar refractivity (Wildman–Crippen MR) is 126 cm³/mol. The Morgan fingerprint density at radius 2 is 1.75 bits per heavy atom. The van der Waals surface area contributed by atoms with Gasteiger partial charge in [-0.15, -0.1) is 0 Å². The van der Waals surface area contributed by atoms with Crippen LogP contribution in [0.3, 0.4) is 0 Å². The molecule has 0 fully saturated rings. The summed E-state index contributed by atoms with van der Waals surface area (Å²) in [6, 6.07) is 17.0. The van der Waals surface area contributed by atoms with E-state index in [2.05, 4.69) is 10.5 Å². The van der Waals surface area contributed by atoms with E-state index in [-0.39, 0.29) is 12.3 Å². The smallest absolute Gasteiger partial charge is 0.269 e. The van der Waals surface area contributed by atoms with Gasteiger partial charge in [0.1, 0.15) is 6.61 Å². The number of ether oxygens (including phenoxy) is 2. The molecule has 0 bridgehead atoms. The number of rotatable bonds is 10. The van der Waals surface area contributed by atoms with Crippen molar-refractivity contribution < 1.29 is 14.4 Å². The maximum atomic E-state index is 10.8. The molecule has 0 saturated carbocycles. The Labute approximate surface area is 195 Å². The maximum absolute atomic E-state index is 10.8. The van der Waals surface area contributed by atoms with Gasteiger partial charge >= 0.3 is 0 Å². The van der Waals surface area contributed by atoms with Gasteiger partial charge in [0.2, 0.25) is 0 Å². The molecule has 0 heterocycles. The Bertz CT molecular complexity index is 1080. The molecule has 0 saturated heterocycles. The van der Waals surface area contributed by atoms with E-state index in [1.54, 1.807) is 42.6 Å². The average Bonchev–Trinajstić information content (AvgIpc) is 2.78. The molecular weight excluding hydrogens is 453 g/mol. The summed E-state index contributed by atoms with van der Waals surface area (Å²) in [7, 11) is 0. The van der Waals surface area contributed by atoms with Gasteiger partial charge in [0, 0.05) is 27.7 Å². The van der Waals surface area contributed by atoms with Crippen molar-refractivity contribution in [1.29, 1.82) is 0 Å². The molecule has 32 heavy (non-hydrogen) atoms. The monoisotopic (exact) mass is 473 g/mol. The Morgan fingerprint density at radius 1 is 1.03 bits per heavy atom. The number of nitrogens with zero attached hydrogens (tertiary/aromatic N) is 2. The number of hydrogen-bond donors (Lipinski definition) is 1. The van der Waals surface area contributed by atoms with Gasteiger partial charge in [-0.1, -0.05) is 29.3 Å². The number of nitro benzene ring substituents is 1. The summed E-state index contributed by atoms with van der Waals surface area (Å²) in [5.41, 5.74) is 5.38. The minimum atomic E-state index is -0.435. The molecule has 166 valence electrons. The van der Waals surface area contributed by atoms with Crippen LogP contribution in [-0.2, 0) is 13.2 Å². The van der Waals surface area contributed by atoms with E-state index in [0.717, 1.165) is 16.7 Å². The SMILES string of the molecule is CCOc1cc(/C=N/NCc2c(Cl)cccc2Cl)ccc1OCc1ccc([N+](=O)[O-])cc1. The van der Waals surface area contributed by atoms with Gasteiger partial charge < -0.3 is 14.9 Å². The molecule has 3 aromatic carbocycles. The third-order valence-electron chi connectivity index (χ3n) is 4.43. The predicted octanol–water partition coefficient (Wildman–Crippen LogP) is 6.00. The van der Waals surface area contributed by atoms with E-state index < -0.39 is 4.92 Å². The fraction of sp³-hybridized carbons (Fsp3) is 0.174. The summed E-state index contributed by atoms with van der Waals surface area (Å²) < 4.78 is 11.5. The quantitative estimate of drug-likeness (QED) is 0.221. The number of hydrogen-bond acceptors (Lipinski definition) is 6. The Balaban J connectivity index is 1.63. The summed E-state index contributed by atoms with van der Waals surface area (Å²) in [6.45, 7) is 3.00. The van der Waals surface area contributed by atoms with Crippen LogP contribution in [0.1, 0.15) is 23.6 Å². The average molecular weight is 474 g/mol. The molecule has 0 aliphatic carbocycles. The van der Waals surface area contributed by atoms with Crippen molar-refractivity contribution >= 4 is 35.1 Å². The van der Waals surface area contributed by atoms with Crippen molar-refractivity contribution in [2.24, 2.45) is 5.10 Å². The van der Waals surface area contributed by atoms with Gasteiger partial charge in [0.15, 0.2) is 11.5 Å². The molecule has 0 aliphatic heterocycles. The van der Waals surface area contributed by atoms with Crippen molar-refractivity contribution in [3.8, 4) is 11.5 Å².